The van der Waals surface area contributed by atoms with Crippen LogP contribution in [0.1, 0.15) is 37.3 Å². The first-order chi connectivity index (χ1) is 10.2. The molecule has 0 aliphatic carbocycles. The standard InChI is InChI=1S/C20H23N/c1-4-11-16(2)21-17(3)20(18-12-7-5-8-13-18)19-14-9-6-10-15-19/h1,5-10,12-17,20-21H,11H2,2-3H3. The van der Waals surface area contributed by atoms with Gasteiger partial charge in [0.05, 0.1) is 0 Å². The van der Waals surface area contributed by atoms with Crippen LogP contribution in [0.5, 0.6) is 0 Å². The first-order valence-electron chi connectivity index (χ1n) is 7.51. The van der Waals surface area contributed by atoms with E-state index in [-0.39, 0.29) is 0 Å². The lowest BCUT2D eigenvalue weighted by molar-refractivity contribution is 0.440. The van der Waals surface area contributed by atoms with E-state index in [0.29, 0.717) is 18.0 Å². The fourth-order valence-corrected chi connectivity index (χ4v) is 2.87. The van der Waals surface area contributed by atoms with Crippen molar-refractivity contribution >= 4 is 0 Å². The number of hydrogen-bond donors (Lipinski definition) is 1. The van der Waals surface area contributed by atoms with Crippen LogP contribution in [0.3, 0.4) is 0 Å². The van der Waals surface area contributed by atoms with Crippen LogP contribution >= 0.6 is 0 Å². The Morgan fingerprint density at radius 1 is 0.905 bits per heavy atom. The van der Waals surface area contributed by atoms with Crippen LogP contribution in [0.25, 0.3) is 0 Å². The lowest BCUT2D eigenvalue weighted by Gasteiger charge is -2.28. The Kier molecular flexibility index (Phi) is 5.60. The Labute approximate surface area is 128 Å². The van der Waals surface area contributed by atoms with Crippen molar-refractivity contribution in [3.8, 4) is 12.3 Å². The molecule has 1 N–H and O–H groups in total. The topological polar surface area (TPSA) is 12.0 Å². The van der Waals surface area contributed by atoms with Crippen LogP contribution < -0.4 is 5.32 Å². The molecule has 0 saturated carbocycles. The molecular formula is C20H23N. The van der Waals surface area contributed by atoms with Crippen LogP contribution in [0.15, 0.2) is 60.7 Å². The fraction of sp³-hybridized carbons (Fsp3) is 0.300. The van der Waals surface area contributed by atoms with Gasteiger partial charge in [-0.15, -0.1) is 12.3 Å². The number of benzene rings is 2. The molecular weight excluding hydrogens is 254 g/mol. The first kappa shape index (κ1) is 15.4. The zero-order valence-corrected chi connectivity index (χ0v) is 12.8. The average Bonchev–Trinajstić information content (AvgIpc) is 2.50. The van der Waals surface area contributed by atoms with E-state index in [0.717, 1.165) is 6.42 Å². The van der Waals surface area contributed by atoms with E-state index in [2.05, 4.69) is 85.7 Å². The van der Waals surface area contributed by atoms with Crippen LogP contribution in [0.4, 0.5) is 0 Å². The number of rotatable bonds is 6. The van der Waals surface area contributed by atoms with Gasteiger partial charge in [-0.05, 0) is 25.0 Å². The van der Waals surface area contributed by atoms with Gasteiger partial charge in [-0.25, -0.2) is 0 Å². The number of terminal acetylenes is 1. The molecule has 0 spiro atoms. The average molecular weight is 277 g/mol. The Hall–Kier alpha value is -2.04. The molecule has 0 aromatic heterocycles. The largest absolute Gasteiger partial charge is 0.310 e. The predicted octanol–water partition coefficient (Wildman–Crippen LogP) is 4.21. The summed E-state index contributed by atoms with van der Waals surface area (Å²) in [5.41, 5.74) is 2.66. The van der Waals surface area contributed by atoms with Gasteiger partial charge in [-0.2, -0.15) is 0 Å². The van der Waals surface area contributed by atoms with Gasteiger partial charge in [0.15, 0.2) is 0 Å². The fourth-order valence-electron chi connectivity index (χ4n) is 2.87. The van der Waals surface area contributed by atoms with Crippen molar-refractivity contribution in [2.45, 2.75) is 38.3 Å². The van der Waals surface area contributed by atoms with E-state index < -0.39 is 0 Å². The van der Waals surface area contributed by atoms with Crippen molar-refractivity contribution in [3.05, 3.63) is 71.8 Å². The third-order valence-electron chi connectivity index (χ3n) is 3.79. The van der Waals surface area contributed by atoms with Crippen LogP contribution in [-0.2, 0) is 0 Å². The molecule has 1 nitrogen and oxygen atoms in total. The number of nitrogens with one attached hydrogen (secondary N) is 1. The second-order valence-electron chi connectivity index (χ2n) is 5.56. The van der Waals surface area contributed by atoms with Gasteiger partial charge in [0.2, 0.25) is 0 Å². The highest BCUT2D eigenvalue weighted by molar-refractivity contribution is 5.34. The minimum atomic E-state index is 0.318. The van der Waals surface area contributed by atoms with Gasteiger partial charge in [0, 0.05) is 24.4 Å². The van der Waals surface area contributed by atoms with E-state index in [1.165, 1.54) is 11.1 Å². The third kappa shape index (κ3) is 4.21. The lowest BCUT2D eigenvalue weighted by atomic mass is 9.85. The summed E-state index contributed by atoms with van der Waals surface area (Å²) in [6.07, 6.45) is 6.16. The second-order valence-corrected chi connectivity index (χ2v) is 5.56. The molecule has 21 heavy (non-hydrogen) atoms. The molecule has 0 aliphatic rings. The molecule has 0 bridgehead atoms. The maximum absolute atomic E-state index is 5.41. The summed E-state index contributed by atoms with van der Waals surface area (Å²) in [4.78, 5) is 0. The molecule has 0 fully saturated rings. The predicted molar refractivity (Wildman–Crippen MR) is 90.2 cm³/mol. The number of hydrogen-bond acceptors (Lipinski definition) is 1. The molecule has 0 heterocycles. The molecule has 2 rings (SSSR count). The molecule has 2 atom stereocenters. The zero-order chi connectivity index (χ0) is 15.1. The highest BCUT2D eigenvalue weighted by Crippen LogP contribution is 2.28. The molecule has 0 radical (unpaired) electrons. The lowest BCUT2D eigenvalue weighted by Crippen LogP contribution is -2.38. The molecule has 0 aliphatic heterocycles. The summed E-state index contributed by atoms with van der Waals surface area (Å²) < 4.78 is 0. The van der Waals surface area contributed by atoms with Gasteiger partial charge in [-0.1, -0.05) is 60.7 Å². The van der Waals surface area contributed by atoms with Crippen molar-refractivity contribution in [2.75, 3.05) is 0 Å². The van der Waals surface area contributed by atoms with Crippen molar-refractivity contribution < 1.29 is 0 Å². The second kappa shape index (κ2) is 7.67. The van der Waals surface area contributed by atoms with E-state index in [4.69, 9.17) is 6.42 Å². The van der Waals surface area contributed by atoms with Crippen LogP contribution in [-0.4, -0.2) is 12.1 Å². The minimum Gasteiger partial charge on any atom is -0.310 e. The molecule has 2 aromatic rings. The van der Waals surface area contributed by atoms with Crippen molar-refractivity contribution in [2.24, 2.45) is 0 Å². The van der Waals surface area contributed by atoms with E-state index in [1.54, 1.807) is 0 Å². The summed E-state index contributed by atoms with van der Waals surface area (Å²) in [5.74, 6) is 3.06. The van der Waals surface area contributed by atoms with Gasteiger partial charge < -0.3 is 5.32 Å². The highest BCUT2D eigenvalue weighted by atomic mass is 14.9. The van der Waals surface area contributed by atoms with E-state index >= 15 is 0 Å². The maximum Gasteiger partial charge on any atom is 0.0240 e. The maximum atomic E-state index is 5.41. The van der Waals surface area contributed by atoms with Gasteiger partial charge >= 0.3 is 0 Å². The van der Waals surface area contributed by atoms with Crippen LogP contribution in [0.2, 0.25) is 0 Å². The molecule has 2 aromatic carbocycles. The monoisotopic (exact) mass is 277 g/mol. The smallest absolute Gasteiger partial charge is 0.0240 e. The van der Waals surface area contributed by atoms with E-state index in [1.807, 2.05) is 0 Å². The summed E-state index contributed by atoms with van der Waals surface area (Å²) >= 11 is 0. The van der Waals surface area contributed by atoms with Crippen molar-refractivity contribution in [1.29, 1.82) is 0 Å². The molecule has 0 saturated heterocycles. The van der Waals surface area contributed by atoms with Gasteiger partial charge in [0.25, 0.3) is 0 Å². The molecule has 2 unspecified atom stereocenters. The van der Waals surface area contributed by atoms with Crippen molar-refractivity contribution in [1.82, 2.24) is 5.32 Å². The minimum absolute atomic E-state index is 0.318. The van der Waals surface area contributed by atoms with Gasteiger partial charge in [-0.3, -0.25) is 0 Å². The SMILES string of the molecule is C#CCC(C)NC(C)C(c1ccccc1)c1ccccc1. The zero-order valence-electron chi connectivity index (χ0n) is 12.8. The normalized spacial score (nSPS) is 13.6. The summed E-state index contributed by atoms with van der Waals surface area (Å²) in [5, 5.41) is 3.64. The van der Waals surface area contributed by atoms with Crippen molar-refractivity contribution in [3.63, 3.8) is 0 Å². The Morgan fingerprint density at radius 3 is 1.81 bits per heavy atom. The Bertz CT molecular complexity index is 528. The molecule has 1 heteroatoms. The quantitative estimate of drug-likeness (QED) is 0.780. The third-order valence-corrected chi connectivity index (χ3v) is 3.79. The molecule has 108 valence electrons. The molecule has 0 amide bonds. The summed E-state index contributed by atoms with van der Waals surface area (Å²) in [6, 6.07) is 21.9. The Balaban J connectivity index is 2.27. The first-order valence-corrected chi connectivity index (χ1v) is 7.51. The summed E-state index contributed by atoms with van der Waals surface area (Å²) in [7, 11) is 0. The van der Waals surface area contributed by atoms with Crippen LogP contribution in [0, 0.1) is 12.3 Å². The summed E-state index contributed by atoms with van der Waals surface area (Å²) in [6.45, 7) is 4.38. The highest BCUT2D eigenvalue weighted by Gasteiger charge is 2.22. The van der Waals surface area contributed by atoms with Gasteiger partial charge in [0.1, 0.15) is 0 Å². The van der Waals surface area contributed by atoms with E-state index in [9.17, 15) is 0 Å². The Morgan fingerprint density at radius 2 is 1.38 bits per heavy atom.